The van der Waals surface area contributed by atoms with Gasteiger partial charge in [-0.3, -0.25) is 9.52 Å². The summed E-state index contributed by atoms with van der Waals surface area (Å²) in [5, 5.41) is 2.74. The quantitative estimate of drug-likeness (QED) is 0.788. The molecule has 0 saturated carbocycles. The average Bonchev–Trinajstić information content (AvgIpc) is 2.56. The molecule has 2 N–H and O–H groups in total. The monoisotopic (exact) mass is 364 g/mol. The van der Waals surface area contributed by atoms with E-state index in [-0.39, 0.29) is 5.91 Å². The molecular formula is C17H20N2O5S. The van der Waals surface area contributed by atoms with Crippen molar-refractivity contribution in [2.45, 2.75) is 6.92 Å². The van der Waals surface area contributed by atoms with Gasteiger partial charge in [0, 0.05) is 17.3 Å². The normalized spacial score (nSPS) is 10.8. The van der Waals surface area contributed by atoms with Gasteiger partial charge in [-0.2, -0.15) is 0 Å². The molecule has 0 saturated heterocycles. The number of ether oxygens (including phenoxy) is 2. The Labute approximate surface area is 147 Å². The van der Waals surface area contributed by atoms with E-state index in [1.807, 2.05) is 6.92 Å². The Morgan fingerprint density at radius 2 is 1.80 bits per heavy atom. The highest BCUT2D eigenvalue weighted by atomic mass is 32.2. The Morgan fingerprint density at radius 1 is 1.12 bits per heavy atom. The Bertz CT molecular complexity index is 848. The molecule has 2 rings (SSSR count). The predicted molar refractivity (Wildman–Crippen MR) is 97.0 cm³/mol. The lowest BCUT2D eigenvalue weighted by molar-refractivity contribution is 0.102. The molecule has 25 heavy (non-hydrogen) atoms. The van der Waals surface area contributed by atoms with Gasteiger partial charge >= 0.3 is 0 Å². The molecule has 134 valence electrons. The number of sulfonamides is 1. The summed E-state index contributed by atoms with van der Waals surface area (Å²) in [6.07, 6.45) is 1.05. The summed E-state index contributed by atoms with van der Waals surface area (Å²) < 4.78 is 35.5. The third kappa shape index (κ3) is 5.39. The fraction of sp³-hybridized carbons (Fsp3) is 0.235. The molecular weight excluding hydrogens is 344 g/mol. The minimum absolute atomic E-state index is 0.295. The van der Waals surface area contributed by atoms with Gasteiger partial charge in [-0.15, -0.1) is 0 Å². The van der Waals surface area contributed by atoms with Crippen LogP contribution >= 0.6 is 0 Å². The number of rotatable bonds is 7. The first-order valence-electron chi connectivity index (χ1n) is 7.52. The van der Waals surface area contributed by atoms with Gasteiger partial charge < -0.3 is 14.8 Å². The number of benzene rings is 2. The molecule has 0 atom stereocenters. The second kappa shape index (κ2) is 7.89. The minimum atomic E-state index is -3.43. The standard InChI is InChI=1S/C17H20N2O5S/c1-4-24-14-8-5-12(6-9-14)17(20)18-13-7-10-15(16(11-13)23-2)19-25(3,21)22/h5-11,19H,4H2,1-3H3,(H,18,20). The van der Waals surface area contributed by atoms with Crippen LogP contribution in [0.3, 0.4) is 0 Å². The number of anilines is 2. The van der Waals surface area contributed by atoms with Crippen LogP contribution in [0, 0.1) is 0 Å². The summed E-state index contributed by atoms with van der Waals surface area (Å²) in [6.45, 7) is 2.44. The first kappa shape index (κ1) is 18.6. The lowest BCUT2D eigenvalue weighted by atomic mass is 10.2. The Morgan fingerprint density at radius 3 is 2.36 bits per heavy atom. The molecule has 0 spiro atoms. The van der Waals surface area contributed by atoms with Crippen LogP contribution in [0.1, 0.15) is 17.3 Å². The van der Waals surface area contributed by atoms with Crippen LogP contribution in [0.25, 0.3) is 0 Å². The Balaban J connectivity index is 2.15. The largest absolute Gasteiger partial charge is 0.494 e. The van der Waals surface area contributed by atoms with Gasteiger partial charge in [0.25, 0.3) is 5.91 Å². The van der Waals surface area contributed by atoms with Crippen LogP contribution < -0.4 is 19.5 Å². The molecule has 1 amide bonds. The Kier molecular flexibility index (Phi) is 5.87. The lowest BCUT2D eigenvalue weighted by Crippen LogP contribution is -2.13. The first-order chi connectivity index (χ1) is 11.8. The van der Waals surface area contributed by atoms with E-state index in [1.54, 1.807) is 36.4 Å². The van der Waals surface area contributed by atoms with Gasteiger partial charge in [0.1, 0.15) is 11.5 Å². The van der Waals surface area contributed by atoms with E-state index >= 15 is 0 Å². The summed E-state index contributed by atoms with van der Waals surface area (Å²) in [5.41, 5.74) is 1.25. The molecule has 0 aliphatic rings. The summed E-state index contributed by atoms with van der Waals surface area (Å²) in [7, 11) is -2.01. The highest BCUT2D eigenvalue weighted by Crippen LogP contribution is 2.29. The molecule has 0 radical (unpaired) electrons. The molecule has 7 nitrogen and oxygen atoms in total. The van der Waals surface area contributed by atoms with Crippen molar-refractivity contribution in [1.82, 2.24) is 0 Å². The van der Waals surface area contributed by atoms with Crippen molar-refractivity contribution in [2.24, 2.45) is 0 Å². The van der Waals surface area contributed by atoms with E-state index in [4.69, 9.17) is 9.47 Å². The third-order valence-corrected chi connectivity index (χ3v) is 3.77. The fourth-order valence-electron chi connectivity index (χ4n) is 2.13. The molecule has 0 fully saturated rings. The SMILES string of the molecule is CCOc1ccc(C(=O)Nc2ccc(NS(C)(=O)=O)c(OC)c2)cc1. The number of amides is 1. The van der Waals surface area contributed by atoms with Crippen LogP contribution in [0.2, 0.25) is 0 Å². The van der Waals surface area contributed by atoms with E-state index in [2.05, 4.69) is 10.0 Å². The molecule has 2 aromatic rings. The second-order valence-electron chi connectivity index (χ2n) is 5.20. The Hall–Kier alpha value is -2.74. The minimum Gasteiger partial charge on any atom is -0.494 e. The third-order valence-electron chi connectivity index (χ3n) is 3.18. The zero-order valence-corrected chi connectivity index (χ0v) is 15.0. The molecule has 8 heteroatoms. The van der Waals surface area contributed by atoms with Gasteiger partial charge in [0.2, 0.25) is 10.0 Å². The molecule has 2 aromatic carbocycles. The summed E-state index contributed by atoms with van der Waals surface area (Å²) in [4.78, 5) is 12.3. The van der Waals surface area contributed by atoms with Gasteiger partial charge in [0.15, 0.2) is 0 Å². The van der Waals surface area contributed by atoms with E-state index in [1.165, 1.54) is 13.2 Å². The smallest absolute Gasteiger partial charge is 0.255 e. The van der Waals surface area contributed by atoms with Crippen LogP contribution in [0.4, 0.5) is 11.4 Å². The highest BCUT2D eigenvalue weighted by molar-refractivity contribution is 7.92. The fourth-order valence-corrected chi connectivity index (χ4v) is 2.69. The van der Waals surface area contributed by atoms with E-state index in [9.17, 15) is 13.2 Å². The van der Waals surface area contributed by atoms with Gasteiger partial charge in [-0.25, -0.2) is 8.42 Å². The molecule has 0 aliphatic carbocycles. The topological polar surface area (TPSA) is 93.7 Å². The summed E-state index contributed by atoms with van der Waals surface area (Å²) in [5.74, 6) is 0.695. The van der Waals surface area contributed by atoms with Crippen LogP contribution in [0.15, 0.2) is 42.5 Å². The number of methoxy groups -OCH3 is 1. The van der Waals surface area contributed by atoms with E-state index in [0.29, 0.717) is 35.0 Å². The van der Waals surface area contributed by atoms with Crippen LogP contribution in [0.5, 0.6) is 11.5 Å². The van der Waals surface area contributed by atoms with Crippen molar-refractivity contribution in [3.63, 3.8) is 0 Å². The maximum absolute atomic E-state index is 12.3. The lowest BCUT2D eigenvalue weighted by Gasteiger charge is -2.12. The molecule has 0 heterocycles. The van der Waals surface area contributed by atoms with Crippen molar-refractivity contribution in [3.05, 3.63) is 48.0 Å². The van der Waals surface area contributed by atoms with Gasteiger partial charge in [-0.05, 0) is 43.3 Å². The predicted octanol–water partition coefficient (Wildman–Crippen LogP) is 2.72. The molecule has 0 bridgehead atoms. The van der Waals surface area contributed by atoms with E-state index in [0.717, 1.165) is 6.26 Å². The average molecular weight is 364 g/mol. The zero-order chi connectivity index (χ0) is 18.4. The molecule has 0 aliphatic heterocycles. The number of carbonyl (C=O) groups is 1. The molecule has 0 aromatic heterocycles. The van der Waals surface area contributed by atoms with Crippen molar-refractivity contribution in [1.29, 1.82) is 0 Å². The summed E-state index contributed by atoms with van der Waals surface area (Å²) in [6, 6.07) is 11.4. The first-order valence-corrected chi connectivity index (χ1v) is 9.41. The van der Waals surface area contributed by atoms with Crippen LogP contribution in [-0.4, -0.2) is 34.3 Å². The van der Waals surface area contributed by atoms with Crippen molar-refractivity contribution >= 4 is 27.3 Å². The second-order valence-corrected chi connectivity index (χ2v) is 6.95. The number of nitrogens with one attached hydrogen (secondary N) is 2. The number of carbonyl (C=O) groups excluding carboxylic acids is 1. The van der Waals surface area contributed by atoms with Crippen LogP contribution in [-0.2, 0) is 10.0 Å². The maximum atomic E-state index is 12.3. The zero-order valence-electron chi connectivity index (χ0n) is 14.2. The number of hydrogen-bond acceptors (Lipinski definition) is 5. The number of hydrogen-bond donors (Lipinski definition) is 2. The van der Waals surface area contributed by atoms with Crippen molar-refractivity contribution in [3.8, 4) is 11.5 Å². The van der Waals surface area contributed by atoms with E-state index < -0.39 is 10.0 Å². The highest BCUT2D eigenvalue weighted by Gasteiger charge is 2.11. The maximum Gasteiger partial charge on any atom is 0.255 e. The van der Waals surface area contributed by atoms with Crippen molar-refractivity contribution in [2.75, 3.05) is 30.0 Å². The van der Waals surface area contributed by atoms with Gasteiger partial charge in [-0.1, -0.05) is 0 Å². The van der Waals surface area contributed by atoms with Gasteiger partial charge in [0.05, 0.1) is 25.7 Å². The van der Waals surface area contributed by atoms with Crippen molar-refractivity contribution < 1.29 is 22.7 Å². The summed E-state index contributed by atoms with van der Waals surface area (Å²) >= 11 is 0. The molecule has 0 unspecified atom stereocenters.